The normalized spacial score (nSPS) is 12.2. The molecule has 3 aromatic rings. The fourth-order valence-electron chi connectivity index (χ4n) is 3.76. The van der Waals surface area contributed by atoms with E-state index in [1.807, 2.05) is 13.8 Å². The molecule has 0 fully saturated rings. The van der Waals surface area contributed by atoms with Crippen molar-refractivity contribution in [2.24, 2.45) is 5.92 Å². The van der Waals surface area contributed by atoms with Crippen molar-refractivity contribution in [1.29, 1.82) is 0 Å². The molecule has 208 valence electrons. The highest BCUT2D eigenvalue weighted by Gasteiger charge is 2.33. The van der Waals surface area contributed by atoms with E-state index < -0.39 is 28.5 Å². The highest BCUT2D eigenvalue weighted by atomic mass is 35.5. The minimum Gasteiger partial charge on any atom is -0.354 e. The molecular weight excluding hydrogens is 581 g/mol. The Labute approximate surface area is 244 Å². The van der Waals surface area contributed by atoms with Crippen molar-refractivity contribution >= 4 is 62.3 Å². The molecule has 0 aromatic heterocycles. The fourth-order valence-corrected chi connectivity index (χ4v) is 5.83. The van der Waals surface area contributed by atoms with Crippen LogP contribution >= 0.6 is 34.8 Å². The summed E-state index contributed by atoms with van der Waals surface area (Å²) in [5.41, 5.74) is 0.644. The minimum absolute atomic E-state index is 0.0166. The molecule has 0 unspecified atom stereocenters. The first-order valence-corrected chi connectivity index (χ1v) is 14.8. The molecule has 1 atom stereocenters. The third-order valence-corrected chi connectivity index (χ3v) is 8.63. The van der Waals surface area contributed by atoms with Gasteiger partial charge in [0.1, 0.15) is 12.6 Å². The van der Waals surface area contributed by atoms with E-state index in [-0.39, 0.29) is 39.0 Å². The van der Waals surface area contributed by atoms with E-state index in [2.05, 4.69) is 5.32 Å². The predicted molar refractivity (Wildman–Crippen MR) is 157 cm³/mol. The van der Waals surface area contributed by atoms with Crippen molar-refractivity contribution in [2.75, 3.05) is 17.4 Å². The lowest BCUT2D eigenvalue weighted by atomic mass is 10.1. The van der Waals surface area contributed by atoms with Crippen LogP contribution in [0.5, 0.6) is 0 Å². The molecule has 11 heteroatoms. The molecular formula is C28H30Cl3N3O4S. The molecule has 2 amide bonds. The molecule has 3 aromatic carbocycles. The highest BCUT2D eigenvalue weighted by Crippen LogP contribution is 2.33. The third kappa shape index (κ3) is 7.88. The maximum Gasteiger partial charge on any atom is 0.264 e. The molecule has 7 nitrogen and oxygen atoms in total. The van der Waals surface area contributed by atoms with Crippen molar-refractivity contribution in [3.63, 3.8) is 0 Å². The smallest absolute Gasteiger partial charge is 0.264 e. The standard InChI is InChI=1S/C28H30Cl3N3O4S/c1-19(2)16-32-28(36)20(3)33(17-21-9-7-8-12-24(21)30)27(35)18-34(26-15-22(29)13-14-25(26)31)39(37,38)23-10-5-4-6-11-23/h4-15,19-20H,16-18H2,1-3H3,(H,32,36)/t20-/m1/s1. The summed E-state index contributed by atoms with van der Waals surface area (Å²) >= 11 is 19.0. The van der Waals surface area contributed by atoms with E-state index in [4.69, 9.17) is 34.8 Å². The Kier molecular flexibility index (Phi) is 10.7. The second kappa shape index (κ2) is 13.5. The first kappa shape index (κ1) is 30.8. The molecule has 0 radical (unpaired) electrons. The number of carbonyl (C=O) groups excluding carboxylic acids is 2. The number of hydrogen-bond acceptors (Lipinski definition) is 4. The second-order valence-electron chi connectivity index (χ2n) is 9.35. The number of sulfonamides is 1. The molecule has 0 aliphatic heterocycles. The first-order chi connectivity index (χ1) is 18.4. The van der Waals surface area contributed by atoms with E-state index in [1.54, 1.807) is 49.4 Å². The van der Waals surface area contributed by atoms with Crippen LogP contribution in [-0.2, 0) is 26.2 Å². The Bertz CT molecular complexity index is 1420. The van der Waals surface area contributed by atoms with E-state index in [0.717, 1.165) is 4.31 Å². The van der Waals surface area contributed by atoms with Gasteiger partial charge in [-0.2, -0.15) is 0 Å². The lowest BCUT2D eigenvalue weighted by Crippen LogP contribution is -2.51. The largest absolute Gasteiger partial charge is 0.354 e. The van der Waals surface area contributed by atoms with Crippen molar-refractivity contribution in [1.82, 2.24) is 10.2 Å². The van der Waals surface area contributed by atoms with Gasteiger partial charge in [0.05, 0.1) is 15.6 Å². The van der Waals surface area contributed by atoms with Gasteiger partial charge in [-0.05, 0) is 54.8 Å². The molecule has 0 spiro atoms. The number of carbonyl (C=O) groups is 2. The zero-order chi connectivity index (χ0) is 28.7. The van der Waals surface area contributed by atoms with Crippen molar-refractivity contribution in [3.8, 4) is 0 Å². The fraction of sp³-hybridized carbons (Fsp3) is 0.286. The van der Waals surface area contributed by atoms with Crippen LogP contribution in [0.2, 0.25) is 15.1 Å². The quantitative estimate of drug-likeness (QED) is 0.287. The maximum atomic E-state index is 13.9. The van der Waals surface area contributed by atoms with Gasteiger partial charge in [0, 0.05) is 23.1 Å². The van der Waals surface area contributed by atoms with Crippen LogP contribution in [0.3, 0.4) is 0 Å². The van der Waals surface area contributed by atoms with Crippen LogP contribution in [0.25, 0.3) is 0 Å². The highest BCUT2D eigenvalue weighted by molar-refractivity contribution is 7.92. The Balaban J connectivity index is 2.05. The zero-order valence-corrected chi connectivity index (χ0v) is 24.9. The van der Waals surface area contributed by atoms with Crippen LogP contribution in [0, 0.1) is 5.92 Å². The molecule has 0 aliphatic rings. The number of nitrogens with zero attached hydrogens (tertiary/aromatic N) is 2. The average molecular weight is 611 g/mol. The monoisotopic (exact) mass is 609 g/mol. The molecule has 0 heterocycles. The number of amides is 2. The molecule has 0 bridgehead atoms. The lowest BCUT2D eigenvalue weighted by molar-refractivity contribution is -0.139. The third-order valence-electron chi connectivity index (χ3n) is 5.94. The number of halogens is 3. The maximum absolute atomic E-state index is 13.9. The van der Waals surface area contributed by atoms with Crippen LogP contribution in [0.4, 0.5) is 5.69 Å². The molecule has 0 aliphatic carbocycles. The topological polar surface area (TPSA) is 86.8 Å². The summed E-state index contributed by atoms with van der Waals surface area (Å²) in [6.45, 7) is 5.27. The molecule has 0 saturated carbocycles. The van der Waals surface area contributed by atoms with Gasteiger partial charge in [-0.25, -0.2) is 8.42 Å². The summed E-state index contributed by atoms with van der Waals surface area (Å²) in [5, 5.41) is 3.58. The van der Waals surface area contributed by atoms with Gasteiger partial charge in [-0.3, -0.25) is 13.9 Å². The Morgan fingerprint density at radius 3 is 2.15 bits per heavy atom. The molecule has 0 saturated heterocycles. The number of anilines is 1. The van der Waals surface area contributed by atoms with Gasteiger partial charge in [0.15, 0.2) is 0 Å². The van der Waals surface area contributed by atoms with E-state index >= 15 is 0 Å². The van der Waals surface area contributed by atoms with Gasteiger partial charge in [0.2, 0.25) is 11.8 Å². The number of benzene rings is 3. The SMILES string of the molecule is CC(C)CNC(=O)[C@@H](C)N(Cc1ccccc1Cl)C(=O)CN(c1cc(Cl)ccc1Cl)S(=O)(=O)c1ccccc1. The first-order valence-electron chi connectivity index (χ1n) is 12.2. The zero-order valence-electron chi connectivity index (χ0n) is 21.8. The number of nitrogens with one attached hydrogen (secondary N) is 1. The number of rotatable bonds is 11. The van der Waals surface area contributed by atoms with Gasteiger partial charge in [0.25, 0.3) is 10.0 Å². The minimum atomic E-state index is -4.25. The van der Waals surface area contributed by atoms with Gasteiger partial charge < -0.3 is 10.2 Å². The van der Waals surface area contributed by atoms with Crippen LogP contribution < -0.4 is 9.62 Å². The Hall–Kier alpha value is -2.78. The predicted octanol–water partition coefficient (Wildman–Crippen LogP) is 6.03. The molecule has 3 rings (SSSR count). The van der Waals surface area contributed by atoms with Gasteiger partial charge >= 0.3 is 0 Å². The van der Waals surface area contributed by atoms with Gasteiger partial charge in [-0.15, -0.1) is 0 Å². The lowest BCUT2D eigenvalue weighted by Gasteiger charge is -2.32. The average Bonchev–Trinajstić information content (AvgIpc) is 2.91. The molecule has 1 N–H and O–H groups in total. The summed E-state index contributed by atoms with van der Waals surface area (Å²) in [5.74, 6) is -0.801. The van der Waals surface area contributed by atoms with Crippen molar-refractivity contribution in [2.45, 2.75) is 38.3 Å². The van der Waals surface area contributed by atoms with Crippen LogP contribution in [0.15, 0.2) is 77.7 Å². The van der Waals surface area contributed by atoms with E-state index in [1.165, 1.54) is 35.2 Å². The summed E-state index contributed by atoms with van der Waals surface area (Å²) in [6.07, 6.45) is 0. The molecule has 39 heavy (non-hydrogen) atoms. The summed E-state index contributed by atoms with van der Waals surface area (Å²) in [6, 6.07) is 18.1. The van der Waals surface area contributed by atoms with Crippen LogP contribution in [0.1, 0.15) is 26.3 Å². The Morgan fingerprint density at radius 1 is 0.872 bits per heavy atom. The van der Waals surface area contributed by atoms with Crippen molar-refractivity contribution < 1.29 is 18.0 Å². The summed E-state index contributed by atoms with van der Waals surface area (Å²) in [4.78, 5) is 28.2. The van der Waals surface area contributed by atoms with Gasteiger partial charge in [-0.1, -0.05) is 85.0 Å². The van der Waals surface area contributed by atoms with Crippen LogP contribution in [-0.4, -0.2) is 44.3 Å². The number of hydrogen-bond donors (Lipinski definition) is 1. The Morgan fingerprint density at radius 2 is 1.51 bits per heavy atom. The van der Waals surface area contributed by atoms with E-state index in [9.17, 15) is 18.0 Å². The second-order valence-corrected chi connectivity index (χ2v) is 12.5. The summed E-state index contributed by atoms with van der Waals surface area (Å²) < 4.78 is 28.5. The summed E-state index contributed by atoms with van der Waals surface area (Å²) in [7, 11) is -4.25. The van der Waals surface area contributed by atoms with E-state index in [0.29, 0.717) is 17.1 Å². The van der Waals surface area contributed by atoms with Crippen molar-refractivity contribution in [3.05, 3.63) is 93.4 Å².